The SMILES string of the molecule is CN(C)c1ccc(N)cc1C(=O)Nc1ccc(Br)c(Cl)c1. The largest absolute Gasteiger partial charge is 0.399 e. The van der Waals surface area contributed by atoms with Crippen molar-refractivity contribution in [3.8, 4) is 0 Å². The molecule has 2 aromatic rings. The lowest BCUT2D eigenvalue weighted by molar-refractivity contribution is 0.102. The molecule has 21 heavy (non-hydrogen) atoms. The van der Waals surface area contributed by atoms with Gasteiger partial charge < -0.3 is 16.0 Å². The van der Waals surface area contributed by atoms with Crippen molar-refractivity contribution >= 4 is 50.5 Å². The van der Waals surface area contributed by atoms with Gasteiger partial charge in [-0.2, -0.15) is 0 Å². The van der Waals surface area contributed by atoms with Crippen LogP contribution in [0.25, 0.3) is 0 Å². The second-order valence-electron chi connectivity index (χ2n) is 4.75. The summed E-state index contributed by atoms with van der Waals surface area (Å²) in [6, 6.07) is 10.5. The van der Waals surface area contributed by atoms with E-state index in [9.17, 15) is 4.79 Å². The van der Waals surface area contributed by atoms with E-state index in [2.05, 4.69) is 21.2 Å². The molecule has 0 heterocycles. The molecule has 1 amide bonds. The van der Waals surface area contributed by atoms with Crippen LogP contribution in [0.2, 0.25) is 5.02 Å². The maximum atomic E-state index is 12.4. The van der Waals surface area contributed by atoms with Crippen LogP contribution >= 0.6 is 27.5 Å². The third kappa shape index (κ3) is 3.68. The van der Waals surface area contributed by atoms with Gasteiger partial charge in [-0.25, -0.2) is 0 Å². The van der Waals surface area contributed by atoms with Crippen molar-refractivity contribution in [3.63, 3.8) is 0 Å². The Kier molecular flexibility index (Phi) is 4.75. The average molecular weight is 369 g/mol. The van der Waals surface area contributed by atoms with Crippen molar-refractivity contribution in [2.75, 3.05) is 30.0 Å². The number of rotatable bonds is 3. The van der Waals surface area contributed by atoms with E-state index in [-0.39, 0.29) is 5.91 Å². The van der Waals surface area contributed by atoms with E-state index in [4.69, 9.17) is 17.3 Å². The number of nitrogens with two attached hydrogens (primary N) is 1. The first-order valence-electron chi connectivity index (χ1n) is 6.21. The predicted octanol–water partition coefficient (Wildman–Crippen LogP) is 4.00. The summed E-state index contributed by atoms with van der Waals surface area (Å²) in [7, 11) is 3.75. The Balaban J connectivity index is 2.31. The summed E-state index contributed by atoms with van der Waals surface area (Å²) in [5.41, 5.74) is 8.25. The number of nitrogens with zero attached hydrogens (tertiary/aromatic N) is 1. The third-order valence-corrected chi connectivity index (χ3v) is 4.16. The highest BCUT2D eigenvalue weighted by Gasteiger charge is 2.14. The molecule has 3 N–H and O–H groups in total. The predicted molar refractivity (Wildman–Crippen MR) is 92.3 cm³/mol. The number of carbonyl (C=O) groups is 1. The summed E-state index contributed by atoms with van der Waals surface area (Å²) >= 11 is 9.34. The lowest BCUT2D eigenvalue weighted by Gasteiger charge is -2.17. The number of halogens is 2. The van der Waals surface area contributed by atoms with Crippen LogP contribution < -0.4 is 16.0 Å². The fraction of sp³-hybridized carbons (Fsp3) is 0.133. The van der Waals surface area contributed by atoms with Gasteiger partial charge in [0.15, 0.2) is 0 Å². The van der Waals surface area contributed by atoms with Crippen molar-refractivity contribution in [2.24, 2.45) is 0 Å². The topological polar surface area (TPSA) is 58.4 Å². The Morgan fingerprint density at radius 1 is 1.24 bits per heavy atom. The zero-order chi connectivity index (χ0) is 15.6. The van der Waals surface area contributed by atoms with Gasteiger partial charge >= 0.3 is 0 Å². The zero-order valence-electron chi connectivity index (χ0n) is 11.7. The second-order valence-corrected chi connectivity index (χ2v) is 6.02. The standard InChI is InChI=1S/C15H15BrClN3O/c1-20(2)14-6-3-9(18)7-11(14)15(21)19-10-4-5-12(16)13(17)8-10/h3-8H,18H2,1-2H3,(H,19,21). The van der Waals surface area contributed by atoms with E-state index in [0.717, 1.165) is 10.2 Å². The third-order valence-electron chi connectivity index (χ3n) is 2.92. The monoisotopic (exact) mass is 367 g/mol. The number of benzene rings is 2. The first-order valence-corrected chi connectivity index (χ1v) is 7.39. The molecule has 110 valence electrons. The molecule has 0 saturated carbocycles. The quantitative estimate of drug-likeness (QED) is 0.805. The summed E-state index contributed by atoms with van der Waals surface area (Å²) in [5, 5.41) is 3.36. The summed E-state index contributed by atoms with van der Waals surface area (Å²) < 4.78 is 0.778. The second kappa shape index (κ2) is 6.37. The Labute approximate surface area is 137 Å². The van der Waals surface area contributed by atoms with Crippen LogP contribution in [-0.4, -0.2) is 20.0 Å². The first kappa shape index (κ1) is 15.7. The lowest BCUT2D eigenvalue weighted by atomic mass is 10.1. The Bertz CT molecular complexity index is 689. The number of hydrogen-bond acceptors (Lipinski definition) is 3. The fourth-order valence-corrected chi connectivity index (χ4v) is 2.32. The van der Waals surface area contributed by atoms with Gasteiger partial charge in [0.2, 0.25) is 0 Å². The Hall–Kier alpha value is -1.72. The van der Waals surface area contributed by atoms with Crippen LogP contribution in [0.15, 0.2) is 40.9 Å². The molecule has 0 aromatic heterocycles. The summed E-state index contributed by atoms with van der Waals surface area (Å²) in [4.78, 5) is 14.3. The molecule has 0 radical (unpaired) electrons. The fourth-order valence-electron chi connectivity index (χ4n) is 1.90. The number of nitrogens with one attached hydrogen (secondary N) is 1. The van der Waals surface area contributed by atoms with Crippen LogP contribution in [0.1, 0.15) is 10.4 Å². The summed E-state index contributed by atoms with van der Waals surface area (Å²) in [6.45, 7) is 0. The molecule has 0 aliphatic carbocycles. The zero-order valence-corrected chi connectivity index (χ0v) is 14.0. The molecule has 0 spiro atoms. The summed E-state index contributed by atoms with van der Waals surface area (Å²) in [5.74, 6) is -0.232. The van der Waals surface area contributed by atoms with Gasteiger partial charge in [0, 0.05) is 35.6 Å². The minimum atomic E-state index is -0.232. The molecule has 0 atom stereocenters. The van der Waals surface area contributed by atoms with Crippen molar-refractivity contribution < 1.29 is 4.79 Å². The van der Waals surface area contributed by atoms with Gasteiger partial charge in [0.25, 0.3) is 5.91 Å². The van der Waals surface area contributed by atoms with Gasteiger partial charge in [0.1, 0.15) is 0 Å². The van der Waals surface area contributed by atoms with Gasteiger partial charge in [-0.1, -0.05) is 11.6 Å². The molecular formula is C15H15BrClN3O. The highest BCUT2D eigenvalue weighted by Crippen LogP contribution is 2.27. The number of nitrogen functional groups attached to an aromatic ring is 1. The van der Waals surface area contributed by atoms with Crippen LogP contribution in [0, 0.1) is 0 Å². The first-order chi connectivity index (χ1) is 9.88. The average Bonchev–Trinajstić information content (AvgIpc) is 2.42. The van der Waals surface area contributed by atoms with Gasteiger partial charge in [-0.05, 0) is 52.3 Å². The van der Waals surface area contributed by atoms with Crippen LogP contribution in [0.5, 0.6) is 0 Å². The van der Waals surface area contributed by atoms with Crippen molar-refractivity contribution in [1.29, 1.82) is 0 Å². The van der Waals surface area contributed by atoms with E-state index >= 15 is 0 Å². The van der Waals surface area contributed by atoms with Crippen LogP contribution in [-0.2, 0) is 0 Å². The van der Waals surface area contributed by atoms with Gasteiger partial charge in [-0.15, -0.1) is 0 Å². The smallest absolute Gasteiger partial charge is 0.257 e. The molecular weight excluding hydrogens is 354 g/mol. The van der Waals surface area contributed by atoms with Gasteiger partial charge in [-0.3, -0.25) is 4.79 Å². The maximum absolute atomic E-state index is 12.4. The number of anilines is 3. The molecule has 0 aliphatic heterocycles. The number of carbonyl (C=O) groups excluding carboxylic acids is 1. The van der Waals surface area contributed by atoms with Crippen molar-refractivity contribution in [2.45, 2.75) is 0 Å². The molecule has 2 rings (SSSR count). The van der Waals surface area contributed by atoms with Crippen LogP contribution in [0.3, 0.4) is 0 Å². The van der Waals surface area contributed by atoms with Crippen molar-refractivity contribution in [3.05, 3.63) is 51.5 Å². The Morgan fingerprint density at radius 3 is 2.57 bits per heavy atom. The molecule has 0 unspecified atom stereocenters. The van der Waals surface area contributed by atoms with E-state index in [1.54, 1.807) is 30.3 Å². The molecule has 0 fully saturated rings. The Morgan fingerprint density at radius 2 is 1.95 bits per heavy atom. The highest BCUT2D eigenvalue weighted by atomic mass is 79.9. The lowest BCUT2D eigenvalue weighted by Crippen LogP contribution is -2.18. The molecule has 4 nitrogen and oxygen atoms in total. The molecule has 0 aliphatic rings. The van der Waals surface area contributed by atoms with E-state index in [1.165, 1.54) is 0 Å². The maximum Gasteiger partial charge on any atom is 0.257 e. The molecule has 2 aromatic carbocycles. The summed E-state index contributed by atoms with van der Waals surface area (Å²) in [6.07, 6.45) is 0. The van der Waals surface area contributed by atoms with E-state index in [1.807, 2.05) is 25.1 Å². The molecule has 0 saturated heterocycles. The molecule has 6 heteroatoms. The van der Waals surface area contributed by atoms with E-state index < -0.39 is 0 Å². The molecule has 0 bridgehead atoms. The number of amides is 1. The van der Waals surface area contributed by atoms with Crippen LogP contribution in [0.4, 0.5) is 17.1 Å². The van der Waals surface area contributed by atoms with Crippen molar-refractivity contribution in [1.82, 2.24) is 0 Å². The minimum Gasteiger partial charge on any atom is -0.399 e. The normalized spacial score (nSPS) is 10.3. The van der Waals surface area contributed by atoms with Gasteiger partial charge in [0.05, 0.1) is 10.6 Å². The highest BCUT2D eigenvalue weighted by molar-refractivity contribution is 9.10. The minimum absolute atomic E-state index is 0.232. The number of hydrogen-bond donors (Lipinski definition) is 2. The van der Waals surface area contributed by atoms with E-state index in [0.29, 0.717) is 22.0 Å².